The first-order valence-electron chi connectivity index (χ1n) is 11.9. The Morgan fingerprint density at radius 3 is 2.54 bits per heavy atom. The van der Waals surface area contributed by atoms with Crippen molar-refractivity contribution in [2.24, 2.45) is 0 Å². The van der Waals surface area contributed by atoms with Crippen molar-refractivity contribution in [3.8, 4) is 11.9 Å². The highest BCUT2D eigenvalue weighted by Crippen LogP contribution is 2.51. The zero-order valence-electron chi connectivity index (χ0n) is 20.3. The second-order valence-electron chi connectivity index (χ2n) is 9.72. The van der Waals surface area contributed by atoms with Crippen LogP contribution in [0.25, 0.3) is 11.0 Å². The number of hydrogen-bond acceptors (Lipinski definition) is 7. The van der Waals surface area contributed by atoms with Gasteiger partial charge in [-0.1, -0.05) is 18.2 Å². The standard InChI is InChI=1S/C26H28F2N6O/c1-14(27)18-6-5-7-19(22(18)28)15(2)30-23-20-10-21(26(13-29)8-9-26)25(35-17-11-34(4)12-17)33-24(20)32-16(3)31-23/h5-7,10,14-15,17H,8-9,11-12H2,1-4H3,(H,30,31,32,33)/t14?,15-/m1/s1. The molecule has 0 amide bonds. The Morgan fingerprint density at radius 1 is 1.20 bits per heavy atom. The second kappa shape index (κ2) is 8.68. The van der Waals surface area contributed by atoms with Crippen LogP contribution in [-0.2, 0) is 5.41 Å². The van der Waals surface area contributed by atoms with Crippen molar-refractivity contribution in [2.45, 2.75) is 57.3 Å². The van der Waals surface area contributed by atoms with E-state index in [-0.39, 0.29) is 11.7 Å². The van der Waals surface area contributed by atoms with Crippen LogP contribution >= 0.6 is 0 Å². The van der Waals surface area contributed by atoms with Crippen molar-refractivity contribution in [2.75, 3.05) is 25.5 Å². The number of pyridine rings is 1. The first kappa shape index (κ1) is 23.4. The molecule has 2 aliphatic rings. The summed E-state index contributed by atoms with van der Waals surface area (Å²) in [5, 5.41) is 13.8. The summed E-state index contributed by atoms with van der Waals surface area (Å²) in [6.07, 6.45) is 0.0868. The second-order valence-corrected chi connectivity index (χ2v) is 9.72. The SMILES string of the molecule is Cc1nc(N[C@H](C)c2cccc(C(C)F)c2F)c2cc(C3(C#N)CC3)c(OC3CN(C)C3)nc2n1. The molecule has 7 nitrogen and oxygen atoms in total. The Kier molecular flexibility index (Phi) is 5.80. The number of aryl methyl sites for hydroxylation is 1. The van der Waals surface area contributed by atoms with E-state index in [9.17, 15) is 9.65 Å². The molecule has 1 N–H and O–H groups in total. The molecule has 3 aromatic rings. The van der Waals surface area contributed by atoms with E-state index in [1.807, 2.05) is 13.1 Å². The molecule has 2 fully saturated rings. The van der Waals surface area contributed by atoms with Gasteiger partial charge in [0.15, 0.2) is 5.65 Å². The smallest absolute Gasteiger partial charge is 0.220 e. The Balaban J connectivity index is 1.56. The van der Waals surface area contributed by atoms with Crippen molar-refractivity contribution >= 4 is 16.9 Å². The number of hydrogen-bond donors (Lipinski definition) is 1. The van der Waals surface area contributed by atoms with Crippen LogP contribution in [-0.4, -0.2) is 46.1 Å². The number of ether oxygens (including phenoxy) is 1. The molecule has 5 rings (SSSR count). The molecule has 182 valence electrons. The van der Waals surface area contributed by atoms with Crippen LogP contribution in [0.5, 0.6) is 5.88 Å². The summed E-state index contributed by atoms with van der Waals surface area (Å²) in [6.45, 7) is 6.47. The number of fused-ring (bicyclic) bond motifs is 1. The maximum Gasteiger partial charge on any atom is 0.220 e. The first-order valence-corrected chi connectivity index (χ1v) is 11.9. The molecule has 1 unspecified atom stereocenters. The molecule has 2 aromatic heterocycles. The minimum absolute atomic E-state index is 0.0203. The summed E-state index contributed by atoms with van der Waals surface area (Å²) in [4.78, 5) is 15.9. The molecule has 9 heteroatoms. The van der Waals surface area contributed by atoms with Crippen LogP contribution in [0.2, 0.25) is 0 Å². The summed E-state index contributed by atoms with van der Waals surface area (Å²) in [6, 6.07) is 8.57. The number of rotatable bonds is 7. The van der Waals surface area contributed by atoms with Crippen LogP contribution in [0.3, 0.4) is 0 Å². The van der Waals surface area contributed by atoms with E-state index < -0.39 is 23.4 Å². The van der Waals surface area contributed by atoms with E-state index in [1.54, 1.807) is 26.0 Å². The number of likely N-dealkylation sites (N-methyl/N-ethyl adjacent to an activating group) is 1. The summed E-state index contributed by atoms with van der Waals surface area (Å²) in [7, 11) is 2.02. The van der Waals surface area contributed by atoms with Crippen LogP contribution in [0.1, 0.15) is 61.4 Å². The van der Waals surface area contributed by atoms with Crippen molar-refractivity contribution in [1.82, 2.24) is 19.9 Å². The summed E-state index contributed by atoms with van der Waals surface area (Å²) >= 11 is 0. The van der Waals surface area contributed by atoms with Crippen LogP contribution in [0.15, 0.2) is 24.3 Å². The lowest BCUT2D eigenvalue weighted by Gasteiger charge is -2.36. The molecule has 1 saturated heterocycles. The lowest BCUT2D eigenvalue weighted by atomic mass is 9.97. The fourth-order valence-electron chi connectivity index (χ4n) is 4.62. The van der Waals surface area contributed by atoms with Gasteiger partial charge in [0, 0.05) is 29.8 Å². The van der Waals surface area contributed by atoms with E-state index >= 15 is 4.39 Å². The van der Waals surface area contributed by atoms with Gasteiger partial charge in [0.25, 0.3) is 0 Å². The van der Waals surface area contributed by atoms with Gasteiger partial charge >= 0.3 is 0 Å². The molecule has 0 radical (unpaired) electrons. The van der Waals surface area contributed by atoms with E-state index in [0.29, 0.717) is 34.1 Å². The van der Waals surface area contributed by atoms with Gasteiger partial charge in [-0.05, 0) is 46.7 Å². The molecular weight excluding hydrogens is 450 g/mol. The number of nitrogens with one attached hydrogen (secondary N) is 1. The predicted octanol–water partition coefficient (Wildman–Crippen LogP) is 4.92. The number of benzene rings is 1. The van der Waals surface area contributed by atoms with Crippen LogP contribution < -0.4 is 10.1 Å². The van der Waals surface area contributed by atoms with Gasteiger partial charge in [-0.15, -0.1) is 0 Å². The summed E-state index contributed by atoms with van der Waals surface area (Å²) in [5.41, 5.74) is 0.924. The molecular formula is C26H28F2N6O. The van der Waals surface area contributed by atoms with Gasteiger partial charge in [-0.2, -0.15) is 10.2 Å². The average Bonchev–Trinajstić information content (AvgIpc) is 3.58. The normalized spacial score (nSPS) is 19.0. The van der Waals surface area contributed by atoms with Crippen molar-refractivity contribution in [3.05, 3.63) is 52.6 Å². The van der Waals surface area contributed by atoms with Crippen LogP contribution in [0.4, 0.5) is 14.6 Å². The molecule has 1 aliphatic heterocycles. The van der Waals surface area contributed by atoms with Crippen molar-refractivity contribution in [1.29, 1.82) is 5.26 Å². The Bertz CT molecular complexity index is 1330. The fourth-order valence-corrected chi connectivity index (χ4v) is 4.62. The van der Waals surface area contributed by atoms with Gasteiger partial charge in [-0.3, -0.25) is 4.90 Å². The average molecular weight is 479 g/mol. The minimum atomic E-state index is -1.41. The van der Waals surface area contributed by atoms with Gasteiger partial charge < -0.3 is 10.1 Å². The van der Waals surface area contributed by atoms with Gasteiger partial charge in [-0.25, -0.2) is 18.7 Å². The summed E-state index contributed by atoms with van der Waals surface area (Å²) < 4.78 is 35.1. The van der Waals surface area contributed by atoms with Crippen molar-refractivity contribution < 1.29 is 13.5 Å². The van der Waals surface area contributed by atoms with Crippen molar-refractivity contribution in [3.63, 3.8) is 0 Å². The molecule has 1 saturated carbocycles. The molecule has 3 heterocycles. The number of nitrogens with zero attached hydrogens (tertiary/aromatic N) is 5. The van der Waals surface area contributed by atoms with E-state index in [2.05, 4.69) is 26.3 Å². The highest BCUT2D eigenvalue weighted by atomic mass is 19.1. The van der Waals surface area contributed by atoms with E-state index in [4.69, 9.17) is 9.72 Å². The highest BCUT2D eigenvalue weighted by Gasteiger charge is 2.48. The highest BCUT2D eigenvalue weighted by molar-refractivity contribution is 5.88. The van der Waals surface area contributed by atoms with E-state index in [0.717, 1.165) is 31.5 Å². The quantitative estimate of drug-likeness (QED) is 0.516. The lowest BCUT2D eigenvalue weighted by Crippen LogP contribution is -2.51. The predicted molar refractivity (Wildman–Crippen MR) is 128 cm³/mol. The number of nitriles is 1. The fraction of sp³-hybridized carbons (Fsp3) is 0.462. The Labute approximate surface area is 203 Å². The first-order chi connectivity index (χ1) is 16.7. The van der Waals surface area contributed by atoms with Gasteiger partial charge in [0.2, 0.25) is 5.88 Å². The monoisotopic (exact) mass is 478 g/mol. The van der Waals surface area contributed by atoms with E-state index in [1.165, 1.54) is 13.0 Å². The van der Waals surface area contributed by atoms with Gasteiger partial charge in [0.05, 0.1) is 22.9 Å². The number of alkyl halides is 1. The number of likely N-dealkylation sites (tertiary alicyclic amines) is 1. The lowest BCUT2D eigenvalue weighted by molar-refractivity contribution is 0.0348. The zero-order chi connectivity index (χ0) is 24.9. The third kappa shape index (κ3) is 4.27. The zero-order valence-corrected chi connectivity index (χ0v) is 20.3. The molecule has 1 aromatic carbocycles. The third-order valence-corrected chi connectivity index (χ3v) is 6.86. The molecule has 1 aliphatic carbocycles. The number of anilines is 1. The maximum atomic E-state index is 15.0. The summed E-state index contributed by atoms with van der Waals surface area (Å²) in [5.74, 6) is 0.853. The minimum Gasteiger partial charge on any atom is -0.471 e. The van der Waals surface area contributed by atoms with Crippen LogP contribution in [0, 0.1) is 24.1 Å². The Hall–Kier alpha value is -3.38. The Morgan fingerprint density at radius 2 is 1.91 bits per heavy atom. The molecule has 0 spiro atoms. The molecule has 35 heavy (non-hydrogen) atoms. The third-order valence-electron chi connectivity index (χ3n) is 6.86. The molecule has 2 atom stereocenters. The topological polar surface area (TPSA) is 87.0 Å². The number of aromatic nitrogens is 3. The number of halogens is 2. The maximum absolute atomic E-state index is 15.0. The largest absolute Gasteiger partial charge is 0.471 e. The molecule has 0 bridgehead atoms. The van der Waals surface area contributed by atoms with Gasteiger partial charge in [0.1, 0.15) is 29.7 Å².